The molecule has 0 amide bonds. The van der Waals surface area contributed by atoms with Crippen molar-refractivity contribution < 1.29 is 0 Å². The van der Waals surface area contributed by atoms with Crippen LogP contribution in [0, 0.1) is 17.2 Å². The summed E-state index contributed by atoms with van der Waals surface area (Å²) in [6, 6.07) is 2.77. The van der Waals surface area contributed by atoms with Crippen molar-refractivity contribution in [1.29, 1.82) is 5.26 Å². The third kappa shape index (κ3) is 3.78. The van der Waals surface area contributed by atoms with Gasteiger partial charge >= 0.3 is 0 Å². The van der Waals surface area contributed by atoms with E-state index in [1.165, 1.54) is 32.1 Å². The van der Waals surface area contributed by atoms with Crippen molar-refractivity contribution in [3.8, 4) is 6.07 Å². The molecule has 1 atom stereocenters. The highest BCUT2D eigenvalue weighted by Gasteiger charge is 2.18. The Morgan fingerprint density at radius 1 is 1.38 bits per heavy atom. The highest BCUT2D eigenvalue weighted by atomic mass is 14.9. The Hall–Kier alpha value is -0.550. The third-order valence-corrected chi connectivity index (χ3v) is 3.06. The number of nitrogens with one attached hydrogen (secondary N) is 1. The van der Waals surface area contributed by atoms with Crippen LogP contribution in [0.15, 0.2) is 0 Å². The standard InChI is InChI=1S/C11H20N2/c1-10(13-9-5-8-12)11-6-3-2-4-7-11/h10-11,13H,2-7,9H2,1H3. The Morgan fingerprint density at radius 3 is 2.69 bits per heavy atom. The molecule has 0 aromatic rings. The molecule has 1 aliphatic rings. The topological polar surface area (TPSA) is 35.8 Å². The zero-order valence-electron chi connectivity index (χ0n) is 8.55. The van der Waals surface area contributed by atoms with E-state index in [1.54, 1.807) is 0 Å². The summed E-state index contributed by atoms with van der Waals surface area (Å²) in [6.45, 7) is 3.11. The number of hydrogen-bond acceptors (Lipinski definition) is 2. The molecule has 0 aromatic carbocycles. The summed E-state index contributed by atoms with van der Waals surface area (Å²) in [6.07, 6.45) is 7.60. The zero-order chi connectivity index (χ0) is 9.52. The van der Waals surface area contributed by atoms with Crippen LogP contribution in [-0.4, -0.2) is 12.6 Å². The Morgan fingerprint density at radius 2 is 2.08 bits per heavy atom. The molecule has 1 rings (SSSR count). The molecule has 0 bridgehead atoms. The van der Waals surface area contributed by atoms with Gasteiger partial charge in [-0.3, -0.25) is 0 Å². The van der Waals surface area contributed by atoms with Gasteiger partial charge in [-0.25, -0.2) is 0 Å². The van der Waals surface area contributed by atoms with Crippen molar-refractivity contribution in [3.63, 3.8) is 0 Å². The van der Waals surface area contributed by atoms with Crippen LogP contribution >= 0.6 is 0 Å². The van der Waals surface area contributed by atoms with Crippen molar-refractivity contribution in [3.05, 3.63) is 0 Å². The molecule has 2 nitrogen and oxygen atoms in total. The van der Waals surface area contributed by atoms with Crippen LogP contribution in [0.1, 0.15) is 45.4 Å². The van der Waals surface area contributed by atoms with E-state index in [0.29, 0.717) is 12.5 Å². The van der Waals surface area contributed by atoms with Gasteiger partial charge in [-0.15, -0.1) is 0 Å². The van der Waals surface area contributed by atoms with Crippen molar-refractivity contribution in [2.24, 2.45) is 5.92 Å². The highest BCUT2D eigenvalue weighted by Crippen LogP contribution is 2.26. The molecule has 1 unspecified atom stereocenters. The normalized spacial score (nSPS) is 20.9. The van der Waals surface area contributed by atoms with Crippen LogP contribution < -0.4 is 5.32 Å². The van der Waals surface area contributed by atoms with Crippen LogP contribution in [0.3, 0.4) is 0 Å². The summed E-state index contributed by atoms with van der Waals surface area (Å²) in [5.74, 6) is 0.854. The summed E-state index contributed by atoms with van der Waals surface area (Å²) < 4.78 is 0. The molecule has 0 spiro atoms. The van der Waals surface area contributed by atoms with Gasteiger partial charge in [0.1, 0.15) is 0 Å². The maximum Gasteiger partial charge on any atom is 0.0635 e. The van der Waals surface area contributed by atoms with E-state index in [9.17, 15) is 0 Å². The summed E-state index contributed by atoms with van der Waals surface area (Å²) in [5.41, 5.74) is 0. The molecule has 1 N–H and O–H groups in total. The van der Waals surface area contributed by atoms with Crippen molar-refractivity contribution in [2.75, 3.05) is 6.54 Å². The predicted octanol–water partition coefficient (Wildman–Crippen LogP) is 2.46. The molecule has 2 heteroatoms. The molecular weight excluding hydrogens is 160 g/mol. The van der Waals surface area contributed by atoms with Gasteiger partial charge in [0.05, 0.1) is 6.07 Å². The van der Waals surface area contributed by atoms with Crippen molar-refractivity contribution >= 4 is 0 Å². The first-order chi connectivity index (χ1) is 6.34. The first kappa shape index (κ1) is 10.5. The Labute approximate surface area is 81.3 Å². The lowest BCUT2D eigenvalue weighted by atomic mass is 9.84. The van der Waals surface area contributed by atoms with Gasteiger partial charge in [-0.05, 0) is 25.7 Å². The third-order valence-electron chi connectivity index (χ3n) is 3.06. The molecule has 13 heavy (non-hydrogen) atoms. The minimum Gasteiger partial charge on any atom is -0.313 e. The molecule has 74 valence electrons. The van der Waals surface area contributed by atoms with Gasteiger partial charge in [0.2, 0.25) is 0 Å². The molecule has 1 fully saturated rings. The van der Waals surface area contributed by atoms with E-state index in [2.05, 4.69) is 18.3 Å². The molecule has 1 aliphatic carbocycles. The van der Waals surface area contributed by atoms with E-state index in [4.69, 9.17) is 5.26 Å². The van der Waals surface area contributed by atoms with Crippen LogP contribution in [0.25, 0.3) is 0 Å². The van der Waals surface area contributed by atoms with Gasteiger partial charge in [-0.2, -0.15) is 5.26 Å². The van der Waals surface area contributed by atoms with E-state index in [0.717, 1.165) is 12.5 Å². The second kappa shape index (κ2) is 5.99. The largest absolute Gasteiger partial charge is 0.313 e. The Bertz CT molecular complexity index is 165. The SMILES string of the molecule is CC(NCCC#N)C1CCCCC1. The van der Waals surface area contributed by atoms with E-state index in [-0.39, 0.29) is 0 Å². The number of nitriles is 1. The molecule has 1 saturated carbocycles. The minimum atomic E-state index is 0.605. The first-order valence-corrected chi connectivity index (χ1v) is 5.45. The summed E-state index contributed by atoms with van der Waals surface area (Å²) in [4.78, 5) is 0. The summed E-state index contributed by atoms with van der Waals surface area (Å²) in [7, 11) is 0. The summed E-state index contributed by atoms with van der Waals surface area (Å²) >= 11 is 0. The smallest absolute Gasteiger partial charge is 0.0635 e. The fourth-order valence-corrected chi connectivity index (χ4v) is 2.16. The lowest BCUT2D eigenvalue weighted by Crippen LogP contribution is -2.35. The molecule has 0 saturated heterocycles. The summed E-state index contributed by atoms with van der Waals surface area (Å²) in [5, 5.41) is 11.8. The monoisotopic (exact) mass is 180 g/mol. The molecule has 0 aliphatic heterocycles. The molecular formula is C11H20N2. The fourth-order valence-electron chi connectivity index (χ4n) is 2.16. The van der Waals surface area contributed by atoms with Gasteiger partial charge in [0.15, 0.2) is 0 Å². The fraction of sp³-hybridized carbons (Fsp3) is 0.909. The number of rotatable bonds is 4. The average molecular weight is 180 g/mol. The second-order valence-corrected chi connectivity index (χ2v) is 4.05. The quantitative estimate of drug-likeness (QED) is 0.675. The van der Waals surface area contributed by atoms with E-state index < -0.39 is 0 Å². The van der Waals surface area contributed by atoms with Gasteiger partial charge in [0.25, 0.3) is 0 Å². The minimum absolute atomic E-state index is 0.605. The van der Waals surface area contributed by atoms with E-state index in [1.807, 2.05) is 0 Å². The molecule has 0 radical (unpaired) electrons. The maximum absolute atomic E-state index is 8.40. The second-order valence-electron chi connectivity index (χ2n) is 4.05. The number of nitrogens with zero attached hydrogens (tertiary/aromatic N) is 1. The van der Waals surface area contributed by atoms with Crippen LogP contribution in [0.2, 0.25) is 0 Å². The highest BCUT2D eigenvalue weighted by molar-refractivity contribution is 4.78. The lowest BCUT2D eigenvalue weighted by molar-refractivity contribution is 0.283. The van der Waals surface area contributed by atoms with Crippen LogP contribution in [-0.2, 0) is 0 Å². The van der Waals surface area contributed by atoms with Crippen LogP contribution in [0.4, 0.5) is 0 Å². The van der Waals surface area contributed by atoms with Gasteiger partial charge in [0, 0.05) is 19.0 Å². The van der Waals surface area contributed by atoms with Crippen LogP contribution in [0.5, 0.6) is 0 Å². The molecule has 0 heterocycles. The molecule has 0 aromatic heterocycles. The number of hydrogen-bond donors (Lipinski definition) is 1. The van der Waals surface area contributed by atoms with Gasteiger partial charge < -0.3 is 5.32 Å². The lowest BCUT2D eigenvalue weighted by Gasteiger charge is -2.28. The van der Waals surface area contributed by atoms with E-state index >= 15 is 0 Å². The first-order valence-electron chi connectivity index (χ1n) is 5.45. The predicted molar refractivity (Wildman–Crippen MR) is 54.3 cm³/mol. The van der Waals surface area contributed by atoms with Gasteiger partial charge in [-0.1, -0.05) is 19.3 Å². The average Bonchev–Trinajstić information content (AvgIpc) is 2.19. The zero-order valence-corrected chi connectivity index (χ0v) is 8.55. The Kier molecular flexibility index (Phi) is 4.85. The maximum atomic E-state index is 8.40. The van der Waals surface area contributed by atoms with Crippen molar-refractivity contribution in [1.82, 2.24) is 5.32 Å². The van der Waals surface area contributed by atoms with Crippen molar-refractivity contribution in [2.45, 2.75) is 51.5 Å². The Balaban J connectivity index is 2.14.